The van der Waals surface area contributed by atoms with Gasteiger partial charge in [-0.2, -0.15) is 13.2 Å². The Kier molecular flexibility index (Phi) is 5.72. The quantitative estimate of drug-likeness (QED) is 0.719. The molecular formula is C19H21F3N2O. The number of nitrogens with zero attached hydrogens (tertiary/aromatic N) is 1. The van der Waals surface area contributed by atoms with Crippen LogP contribution in [-0.4, -0.2) is 12.1 Å². The van der Waals surface area contributed by atoms with Crippen molar-refractivity contribution >= 4 is 17.5 Å². The zero-order chi connectivity index (χ0) is 18.6. The summed E-state index contributed by atoms with van der Waals surface area (Å²) in [6.45, 7) is 7.71. The number of anilines is 2. The van der Waals surface area contributed by atoms with Crippen molar-refractivity contribution < 1.29 is 17.9 Å². The van der Waals surface area contributed by atoms with E-state index in [4.69, 9.17) is 4.74 Å². The number of alkyl halides is 3. The smallest absolute Gasteiger partial charge is 0.416 e. The van der Waals surface area contributed by atoms with Crippen LogP contribution >= 0.6 is 0 Å². The van der Waals surface area contributed by atoms with E-state index in [0.29, 0.717) is 11.4 Å². The molecule has 3 nitrogen and oxygen atoms in total. The summed E-state index contributed by atoms with van der Waals surface area (Å²) in [7, 11) is 1.34. The van der Waals surface area contributed by atoms with Gasteiger partial charge < -0.3 is 10.1 Å². The van der Waals surface area contributed by atoms with Gasteiger partial charge >= 0.3 is 6.18 Å². The number of aryl methyl sites for hydroxylation is 2. The average molecular weight is 350 g/mol. The van der Waals surface area contributed by atoms with Crippen LogP contribution in [0.3, 0.4) is 0 Å². The third-order valence-corrected chi connectivity index (χ3v) is 3.71. The van der Waals surface area contributed by atoms with E-state index in [-0.39, 0.29) is 5.75 Å². The zero-order valence-electron chi connectivity index (χ0n) is 14.5. The van der Waals surface area contributed by atoms with E-state index in [0.717, 1.165) is 41.9 Å². The highest BCUT2D eigenvalue weighted by Gasteiger charge is 2.31. The van der Waals surface area contributed by atoms with Crippen LogP contribution in [-0.2, 0) is 12.6 Å². The first-order valence-electron chi connectivity index (χ1n) is 7.94. The SMILES string of the molecule is C=Cc1c(Nc2cc(OC)cc(C(F)(F)F)c2)cc(C)nc1CCC. The second kappa shape index (κ2) is 7.59. The lowest BCUT2D eigenvalue weighted by Crippen LogP contribution is -2.07. The first-order valence-corrected chi connectivity index (χ1v) is 7.94. The van der Waals surface area contributed by atoms with Crippen LogP contribution in [0.1, 0.15) is 35.9 Å². The maximum atomic E-state index is 13.1. The van der Waals surface area contributed by atoms with Crippen molar-refractivity contribution in [3.63, 3.8) is 0 Å². The second-order valence-electron chi connectivity index (χ2n) is 5.70. The summed E-state index contributed by atoms with van der Waals surface area (Å²) in [6, 6.07) is 5.35. The molecule has 0 aliphatic carbocycles. The predicted molar refractivity (Wildman–Crippen MR) is 94.3 cm³/mol. The van der Waals surface area contributed by atoms with E-state index < -0.39 is 11.7 Å². The standard InChI is InChI=1S/C19H21F3N2O/c1-5-7-17-16(6-2)18(8-12(3)23-17)24-14-9-13(19(20,21)22)10-15(11-14)25-4/h6,8-11H,2,5,7H2,1,3-4H3,(H,23,24). The normalized spacial score (nSPS) is 11.3. The number of aromatic nitrogens is 1. The van der Waals surface area contributed by atoms with Gasteiger partial charge in [0.05, 0.1) is 12.7 Å². The van der Waals surface area contributed by atoms with E-state index in [9.17, 15) is 13.2 Å². The molecule has 0 aliphatic rings. The molecule has 1 aromatic heterocycles. The minimum Gasteiger partial charge on any atom is -0.497 e. The molecule has 134 valence electrons. The van der Waals surface area contributed by atoms with E-state index >= 15 is 0 Å². The lowest BCUT2D eigenvalue weighted by Gasteiger charge is -2.16. The van der Waals surface area contributed by atoms with Crippen LogP contribution < -0.4 is 10.1 Å². The molecule has 0 saturated heterocycles. The van der Waals surface area contributed by atoms with Gasteiger partial charge in [0.25, 0.3) is 0 Å². The molecule has 0 aliphatic heterocycles. The Labute approximate surface area is 145 Å². The summed E-state index contributed by atoms with van der Waals surface area (Å²) in [6.07, 6.45) is -1.10. The lowest BCUT2D eigenvalue weighted by atomic mass is 10.1. The number of nitrogens with one attached hydrogen (secondary N) is 1. The summed E-state index contributed by atoms with van der Waals surface area (Å²) in [5.74, 6) is 0.136. The number of ether oxygens (including phenoxy) is 1. The molecule has 0 saturated carbocycles. The molecule has 0 spiro atoms. The summed E-state index contributed by atoms with van der Waals surface area (Å²) < 4.78 is 44.3. The molecule has 6 heteroatoms. The number of hydrogen-bond donors (Lipinski definition) is 1. The molecule has 1 aromatic carbocycles. The zero-order valence-corrected chi connectivity index (χ0v) is 14.5. The minimum absolute atomic E-state index is 0.136. The maximum absolute atomic E-state index is 13.1. The van der Waals surface area contributed by atoms with E-state index in [2.05, 4.69) is 16.9 Å². The Bertz CT molecular complexity index is 770. The van der Waals surface area contributed by atoms with Crippen molar-refractivity contribution in [1.29, 1.82) is 0 Å². The van der Waals surface area contributed by atoms with Gasteiger partial charge in [-0.1, -0.05) is 26.0 Å². The van der Waals surface area contributed by atoms with Gasteiger partial charge in [0, 0.05) is 34.4 Å². The summed E-state index contributed by atoms with van der Waals surface area (Å²) >= 11 is 0. The number of benzene rings is 1. The lowest BCUT2D eigenvalue weighted by molar-refractivity contribution is -0.137. The fraction of sp³-hybridized carbons (Fsp3) is 0.316. The highest BCUT2D eigenvalue weighted by Crippen LogP contribution is 2.35. The van der Waals surface area contributed by atoms with Crippen molar-refractivity contribution in [2.24, 2.45) is 0 Å². The van der Waals surface area contributed by atoms with Gasteiger partial charge in [0.1, 0.15) is 5.75 Å². The molecule has 0 radical (unpaired) electrons. The van der Waals surface area contributed by atoms with E-state index in [1.165, 1.54) is 13.2 Å². The molecule has 0 atom stereocenters. The van der Waals surface area contributed by atoms with Gasteiger partial charge in [0.15, 0.2) is 0 Å². The predicted octanol–water partition coefficient (Wildman–Crippen LogP) is 5.76. The fourth-order valence-corrected chi connectivity index (χ4v) is 2.61. The average Bonchev–Trinajstić information content (AvgIpc) is 2.54. The molecule has 0 unspecified atom stereocenters. The number of halogens is 3. The molecule has 1 N–H and O–H groups in total. The van der Waals surface area contributed by atoms with Gasteiger partial charge in [0.2, 0.25) is 0 Å². The number of methoxy groups -OCH3 is 1. The third kappa shape index (κ3) is 4.53. The van der Waals surface area contributed by atoms with Crippen LogP contribution in [0.25, 0.3) is 6.08 Å². The summed E-state index contributed by atoms with van der Waals surface area (Å²) in [5.41, 5.74) is 2.66. The first-order chi connectivity index (χ1) is 11.8. The van der Waals surface area contributed by atoms with Crippen molar-refractivity contribution in [3.05, 3.63) is 53.4 Å². The Hall–Kier alpha value is -2.50. The molecule has 2 aromatic rings. The largest absolute Gasteiger partial charge is 0.497 e. The maximum Gasteiger partial charge on any atom is 0.416 e. The van der Waals surface area contributed by atoms with Crippen LogP contribution in [0, 0.1) is 6.92 Å². The van der Waals surface area contributed by atoms with E-state index in [1.54, 1.807) is 12.1 Å². The Morgan fingerprint density at radius 3 is 2.52 bits per heavy atom. The second-order valence-corrected chi connectivity index (χ2v) is 5.70. The van der Waals surface area contributed by atoms with Crippen molar-refractivity contribution in [1.82, 2.24) is 4.98 Å². The van der Waals surface area contributed by atoms with Gasteiger partial charge in [-0.3, -0.25) is 4.98 Å². The minimum atomic E-state index is -4.45. The van der Waals surface area contributed by atoms with E-state index in [1.807, 2.05) is 13.8 Å². The van der Waals surface area contributed by atoms with Gasteiger partial charge in [-0.15, -0.1) is 0 Å². The van der Waals surface area contributed by atoms with Crippen LogP contribution in [0.5, 0.6) is 5.75 Å². The first kappa shape index (κ1) is 18.8. The highest BCUT2D eigenvalue weighted by atomic mass is 19.4. The van der Waals surface area contributed by atoms with Crippen LogP contribution in [0.2, 0.25) is 0 Å². The molecule has 0 bridgehead atoms. The molecule has 25 heavy (non-hydrogen) atoms. The Balaban J connectivity index is 2.50. The molecule has 0 fully saturated rings. The van der Waals surface area contributed by atoms with Gasteiger partial charge in [-0.25, -0.2) is 0 Å². The molecule has 0 amide bonds. The Morgan fingerprint density at radius 1 is 1.24 bits per heavy atom. The number of pyridine rings is 1. The topological polar surface area (TPSA) is 34.1 Å². The highest BCUT2D eigenvalue weighted by molar-refractivity contribution is 5.74. The molecular weight excluding hydrogens is 329 g/mol. The van der Waals surface area contributed by atoms with Crippen molar-refractivity contribution in [2.45, 2.75) is 32.9 Å². The number of rotatable bonds is 6. The summed E-state index contributed by atoms with van der Waals surface area (Å²) in [4.78, 5) is 4.51. The fourth-order valence-electron chi connectivity index (χ4n) is 2.61. The molecule has 1 heterocycles. The van der Waals surface area contributed by atoms with Crippen LogP contribution in [0.4, 0.5) is 24.5 Å². The monoisotopic (exact) mass is 350 g/mol. The molecule has 2 rings (SSSR count). The Morgan fingerprint density at radius 2 is 1.96 bits per heavy atom. The van der Waals surface area contributed by atoms with Crippen molar-refractivity contribution in [2.75, 3.05) is 12.4 Å². The third-order valence-electron chi connectivity index (χ3n) is 3.71. The number of hydrogen-bond acceptors (Lipinski definition) is 3. The van der Waals surface area contributed by atoms with Crippen molar-refractivity contribution in [3.8, 4) is 5.75 Å². The summed E-state index contributed by atoms with van der Waals surface area (Å²) in [5, 5.41) is 3.06. The van der Waals surface area contributed by atoms with Gasteiger partial charge in [-0.05, 0) is 31.5 Å². The van der Waals surface area contributed by atoms with Crippen LogP contribution in [0.15, 0.2) is 30.8 Å².